The van der Waals surface area contributed by atoms with Crippen LogP contribution in [0, 0.1) is 6.92 Å². The minimum Gasteiger partial charge on any atom is -0.459 e. The second-order valence-corrected chi connectivity index (χ2v) is 7.94. The number of aromatic nitrogens is 3. The highest BCUT2D eigenvalue weighted by atomic mass is 16.5. The number of hydrogen-bond acceptors (Lipinski definition) is 8. The number of nitrogens with zero attached hydrogens (tertiary/aromatic N) is 5. The van der Waals surface area contributed by atoms with Crippen molar-refractivity contribution in [3.8, 4) is 11.3 Å². The van der Waals surface area contributed by atoms with Crippen molar-refractivity contribution in [2.75, 3.05) is 44.3 Å². The third-order valence-electron chi connectivity index (χ3n) is 5.89. The Kier molecular flexibility index (Phi) is 5.42. The van der Waals surface area contributed by atoms with E-state index in [-0.39, 0.29) is 11.8 Å². The van der Waals surface area contributed by atoms with Crippen LogP contribution in [0.5, 0.6) is 0 Å². The lowest BCUT2D eigenvalue weighted by atomic mass is 9.90. The van der Waals surface area contributed by atoms with Gasteiger partial charge in [0.1, 0.15) is 0 Å². The molecule has 2 fully saturated rings. The Balaban J connectivity index is 1.40. The molecular formula is C22H25N5O4. The van der Waals surface area contributed by atoms with Gasteiger partial charge in [-0.2, -0.15) is 0 Å². The first-order valence-corrected chi connectivity index (χ1v) is 10.6. The molecular weight excluding hydrogens is 398 g/mol. The molecule has 1 amide bonds. The fraction of sp³-hybridized carbons (Fsp3) is 0.455. The number of likely N-dealkylation sites (tertiary alicyclic amines) is 1. The average molecular weight is 423 g/mol. The van der Waals surface area contributed by atoms with Gasteiger partial charge in [-0.3, -0.25) is 4.79 Å². The molecule has 5 rings (SSSR count). The Hall–Kier alpha value is -3.20. The highest BCUT2D eigenvalue weighted by molar-refractivity contribution is 5.91. The molecule has 0 bridgehead atoms. The minimum absolute atomic E-state index is 0.0637. The summed E-state index contributed by atoms with van der Waals surface area (Å²) in [5.41, 5.74) is 2.64. The largest absolute Gasteiger partial charge is 0.459 e. The van der Waals surface area contributed by atoms with E-state index in [4.69, 9.17) is 18.7 Å². The maximum atomic E-state index is 12.6. The summed E-state index contributed by atoms with van der Waals surface area (Å²) in [5.74, 6) is 1.91. The second kappa shape index (κ2) is 8.50. The van der Waals surface area contributed by atoms with E-state index in [0.29, 0.717) is 43.8 Å². The molecule has 9 heteroatoms. The van der Waals surface area contributed by atoms with Crippen LogP contribution in [0.2, 0.25) is 0 Å². The number of aryl methyl sites for hydroxylation is 1. The SMILES string of the molecule is Cc1cc(-c2cnc(N3CCOCC3)nc2C2CCN(C(=O)c3ccco3)CC2)on1. The molecule has 5 heterocycles. The molecule has 0 radical (unpaired) electrons. The fourth-order valence-corrected chi connectivity index (χ4v) is 4.20. The van der Waals surface area contributed by atoms with Crippen LogP contribution >= 0.6 is 0 Å². The van der Waals surface area contributed by atoms with Crippen LogP contribution in [0.15, 0.2) is 39.6 Å². The van der Waals surface area contributed by atoms with Crippen LogP contribution in [-0.4, -0.2) is 65.3 Å². The van der Waals surface area contributed by atoms with Gasteiger partial charge < -0.3 is 23.5 Å². The lowest BCUT2D eigenvalue weighted by Crippen LogP contribution is -2.39. The van der Waals surface area contributed by atoms with E-state index >= 15 is 0 Å². The highest BCUT2D eigenvalue weighted by Gasteiger charge is 2.30. The minimum atomic E-state index is -0.0637. The van der Waals surface area contributed by atoms with E-state index in [1.807, 2.05) is 24.1 Å². The number of furan rings is 1. The van der Waals surface area contributed by atoms with Crippen molar-refractivity contribution in [2.24, 2.45) is 0 Å². The van der Waals surface area contributed by atoms with E-state index in [1.54, 1.807) is 12.1 Å². The van der Waals surface area contributed by atoms with E-state index in [2.05, 4.69) is 15.0 Å². The van der Waals surface area contributed by atoms with Crippen molar-refractivity contribution in [1.29, 1.82) is 0 Å². The molecule has 0 N–H and O–H groups in total. The number of piperidine rings is 1. The molecule has 0 aliphatic carbocycles. The summed E-state index contributed by atoms with van der Waals surface area (Å²) in [5, 5.41) is 4.03. The molecule has 0 spiro atoms. The maximum absolute atomic E-state index is 12.6. The van der Waals surface area contributed by atoms with Gasteiger partial charge in [-0.15, -0.1) is 0 Å². The monoisotopic (exact) mass is 423 g/mol. The first-order chi connectivity index (χ1) is 15.2. The van der Waals surface area contributed by atoms with E-state index in [1.165, 1.54) is 6.26 Å². The normalized spacial score (nSPS) is 17.8. The van der Waals surface area contributed by atoms with Crippen LogP contribution in [-0.2, 0) is 4.74 Å². The Morgan fingerprint density at radius 1 is 1.16 bits per heavy atom. The number of anilines is 1. The molecule has 31 heavy (non-hydrogen) atoms. The zero-order valence-electron chi connectivity index (χ0n) is 17.5. The molecule has 2 aliphatic heterocycles. The van der Waals surface area contributed by atoms with Crippen molar-refractivity contribution in [1.82, 2.24) is 20.0 Å². The summed E-state index contributed by atoms with van der Waals surface area (Å²) in [6.45, 7) is 6.09. The standard InChI is InChI=1S/C22H25N5O4/c1-15-13-19(31-25-15)17-14-23-22(27-8-11-29-12-9-27)24-20(17)16-4-6-26(7-5-16)21(28)18-3-2-10-30-18/h2-3,10,13-14,16H,4-9,11-12H2,1H3. The molecule has 0 aromatic carbocycles. The summed E-state index contributed by atoms with van der Waals surface area (Å²) in [4.78, 5) is 26.2. The quantitative estimate of drug-likeness (QED) is 0.632. The first-order valence-electron chi connectivity index (χ1n) is 10.6. The maximum Gasteiger partial charge on any atom is 0.289 e. The van der Waals surface area contributed by atoms with Crippen molar-refractivity contribution in [3.05, 3.63) is 47.8 Å². The van der Waals surface area contributed by atoms with Gasteiger partial charge in [-0.05, 0) is 31.9 Å². The van der Waals surface area contributed by atoms with Crippen LogP contribution in [0.25, 0.3) is 11.3 Å². The predicted molar refractivity (Wildman–Crippen MR) is 112 cm³/mol. The molecule has 2 aliphatic rings. The Morgan fingerprint density at radius 3 is 2.65 bits per heavy atom. The first kappa shape index (κ1) is 19.7. The Morgan fingerprint density at radius 2 is 1.97 bits per heavy atom. The van der Waals surface area contributed by atoms with E-state index in [0.717, 1.165) is 42.9 Å². The van der Waals surface area contributed by atoms with Gasteiger partial charge in [0.05, 0.1) is 36.4 Å². The van der Waals surface area contributed by atoms with Crippen LogP contribution in [0.4, 0.5) is 5.95 Å². The van der Waals surface area contributed by atoms with Crippen molar-refractivity contribution >= 4 is 11.9 Å². The number of rotatable bonds is 4. The molecule has 162 valence electrons. The number of morpholine rings is 1. The van der Waals surface area contributed by atoms with Crippen LogP contribution < -0.4 is 4.90 Å². The third-order valence-corrected chi connectivity index (χ3v) is 5.89. The van der Waals surface area contributed by atoms with Gasteiger partial charge in [0.2, 0.25) is 5.95 Å². The van der Waals surface area contributed by atoms with Gasteiger partial charge in [0, 0.05) is 44.4 Å². The third kappa shape index (κ3) is 4.05. The summed E-state index contributed by atoms with van der Waals surface area (Å²) in [6.07, 6.45) is 4.99. The van der Waals surface area contributed by atoms with Crippen molar-refractivity contribution in [3.63, 3.8) is 0 Å². The van der Waals surface area contributed by atoms with Crippen molar-refractivity contribution < 1.29 is 18.5 Å². The molecule has 3 aromatic rings. The van der Waals surface area contributed by atoms with Crippen molar-refractivity contribution in [2.45, 2.75) is 25.7 Å². The fourth-order valence-electron chi connectivity index (χ4n) is 4.20. The smallest absolute Gasteiger partial charge is 0.289 e. The van der Waals surface area contributed by atoms with Gasteiger partial charge in [-0.25, -0.2) is 9.97 Å². The van der Waals surface area contributed by atoms with Gasteiger partial charge in [0.25, 0.3) is 5.91 Å². The number of ether oxygens (including phenoxy) is 1. The highest BCUT2D eigenvalue weighted by Crippen LogP contribution is 2.35. The zero-order chi connectivity index (χ0) is 21.2. The molecule has 3 aromatic heterocycles. The average Bonchev–Trinajstić information content (AvgIpc) is 3.51. The number of carbonyl (C=O) groups excluding carboxylic acids is 1. The molecule has 0 atom stereocenters. The Bertz CT molecular complexity index is 1030. The number of carbonyl (C=O) groups is 1. The van der Waals surface area contributed by atoms with Gasteiger partial charge in [-0.1, -0.05) is 5.16 Å². The van der Waals surface area contributed by atoms with Gasteiger partial charge >= 0.3 is 0 Å². The lowest BCUT2D eigenvalue weighted by Gasteiger charge is -2.32. The zero-order valence-corrected chi connectivity index (χ0v) is 17.5. The summed E-state index contributed by atoms with van der Waals surface area (Å²) >= 11 is 0. The molecule has 0 unspecified atom stereocenters. The predicted octanol–water partition coefficient (Wildman–Crippen LogP) is 2.89. The van der Waals surface area contributed by atoms with E-state index < -0.39 is 0 Å². The summed E-state index contributed by atoms with van der Waals surface area (Å²) in [6, 6.07) is 5.35. The number of hydrogen-bond donors (Lipinski definition) is 0. The topological polar surface area (TPSA) is 97.7 Å². The molecule has 9 nitrogen and oxygen atoms in total. The van der Waals surface area contributed by atoms with Crippen LogP contribution in [0.1, 0.15) is 40.7 Å². The number of amides is 1. The summed E-state index contributed by atoms with van der Waals surface area (Å²) in [7, 11) is 0. The molecule has 0 saturated carbocycles. The van der Waals surface area contributed by atoms with Gasteiger partial charge in [0.15, 0.2) is 11.5 Å². The lowest BCUT2D eigenvalue weighted by molar-refractivity contribution is 0.0680. The van der Waals surface area contributed by atoms with E-state index in [9.17, 15) is 4.79 Å². The Labute approximate surface area is 180 Å². The molecule has 2 saturated heterocycles. The second-order valence-electron chi connectivity index (χ2n) is 7.94. The summed E-state index contributed by atoms with van der Waals surface area (Å²) < 4.78 is 16.3. The van der Waals surface area contributed by atoms with Crippen LogP contribution in [0.3, 0.4) is 0 Å².